The van der Waals surface area contributed by atoms with E-state index in [4.69, 9.17) is 4.74 Å². The van der Waals surface area contributed by atoms with Gasteiger partial charge < -0.3 is 9.64 Å². The molecule has 24 heavy (non-hydrogen) atoms. The summed E-state index contributed by atoms with van der Waals surface area (Å²) in [5, 5.41) is 0. The highest BCUT2D eigenvalue weighted by Crippen LogP contribution is 2.39. The molecule has 4 heterocycles. The minimum atomic E-state index is 0.251. The average Bonchev–Trinajstić information content (AvgIpc) is 3.07. The van der Waals surface area contributed by atoms with Gasteiger partial charge in [-0.15, -0.1) is 0 Å². The van der Waals surface area contributed by atoms with Crippen molar-refractivity contribution in [3.63, 3.8) is 0 Å². The lowest BCUT2D eigenvalue weighted by atomic mass is 9.78. The summed E-state index contributed by atoms with van der Waals surface area (Å²) < 4.78 is 5.64. The second kappa shape index (κ2) is 6.81. The number of pyridine rings is 1. The second-order valence-corrected chi connectivity index (χ2v) is 7.69. The smallest absolute Gasteiger partial charge is 0.222 e. The van der Waals surface area contributed by atoms with Gasteiger partial charge in [0.05, 0.1) is 6.61 Å². The molecule has 3 fully saturated rings. The zero-order chi connectivity index (χ0) is 16.4. The molecule has 1 amide bonds. The van der Waals surface area contributed by atoms with Crippen molar-refractivity contribution >= 4 is 5.91 Å². The fourth-order valence-corrected chi connectivity index (χ4v) is 4.49. The van der Waals surface area contributed by atoms with Crippen LogP contribution in [-0.4, -0.2) is 59.6 Å². The van der Waals surface area contributed by atoms with Crippen molar-refractivity contribution in [2.24, 2.45) is 5.41 Å². The molecule has 0 N–H and O–H groups in total. The molecule has 1 aromatic heterocycles. The number of rotatable bonds is 3. The fourth-order valence-electron chi connectivity index (χ4n) is 4.49. The maximum Gasteiger partial charge on any atom is 0.222 e. The van der Waals surface area contributed by atoms with E-state index in [2.05, 4.69) is 20.9 Å². The van der Waals surface area contributed by atoms with Crippen LogP contribution in [0.15, 0.2) is 24.5 Å². The van der Waals surface area contributed by atoms with Gasteiger partial charge in [0.15, 0.2) is 0 Å². The Balaban J connectivity index is 1.34. The SMILES string of the molecule is O=C1CC[C@]2(CCOC2)CN1C1CCN(Cc2cccnc2)CC1. The first-order chi connectivity index (χ1) is 11.7. The van der Waals surface area contributed by atoms with E-state index in [0.717, 1.165) is 65.1 Å². The molecule has 5 heteroatoms. The molecule has 1 atom stereocenters. The lowest BCUT2D eigenvalue weighted by Gasteiger charge is -2.45. The summed E-state index contributed by atoms with van der Waals surface area (Å²) in [7, 11) is 0. The number of carbonyl (C=O) groups excluding carboxylic acids is 1. The molecule has 0 radical (unpaired) electrons. The predicted octanol–water partition coefficient (Wildman–Crippen LogP) is 2.08. The first-order valence-corrected chi connectivity index (χ1v) is 9.23. The van der Waals surface area contributed by atoms with Crippen molar-refractivity contribution in [3.8, 4) is 0 Å². The van der Waals surface area contributed by atoms with Crippen LogP contribution in [0.5, 0.6) is 0 Å². The molecule has 3 aliphatic rings. The zero-order valence-corrected chi connectivity index (χ0v) is 14.3. The Morgan fingerprint density at radius 3 is 2.88 bits per heavy atom. The van der Waals surface area contributed by atoms with Gasteiger partial charge in [-0.1, -0.05) is 6.07 Å². The van der Waals surface area contributed by atoms with Gasteiger partial charge in [0, 0.05) is 63.1 Å². The van der Waals surface area contributed by atoms with E-state index in [-0.39, 0.29) is 5.41 Å². The highest BCUT2D eigenvalue weighted by molar-refractivity contribution is 5.77. The summed E-state index contributed by atoms with van der Waals surface area (Å²) >= 11 is 0. The van der Waals surface area contributed by atoms with Gasteiger partial charge in [0.2, 0.25) is 5.91 Å². The summed E-state index contributed by atoms with van der Waals surface area (Å²) in [6.45, 7) is 5.72. The first kappa shape index (κ1) is 16.0. The number of nitrogens with zero attached hydrogens (tertiary/aromatic N) is 3. The molecule has 0 bridgehead atoms. The zero-order valence-electron chi connectivity index (χ0n) is 14.3. The molecule has 1 spiro atoms. The van der Waals surface area contributed by atoms with Crippen LogP contribution in [0, 0.1) is 5.41 Å². The monoisotopic (exact) mass is 329 g/mol. The van der Waals surface area contributed by atoms with Crippen molar-refractivity contribution in [3.05, 3.63) is 30.1 Å². The van der Waals surface area contributed by atoms with Crippen molar-refractivity contribution < 1.29 is 9.53 Å². The predicted molar refractivity (Wildman–Crippen MR) is 91.4 cm³/mol. The summed E-state index contributed by atoms with van der Waals surface area (Å²) in [6, 6.07) is 4.55. The highest BCUT2D eigenvalue weighted by Gasteiger charge is 2.43. The molecular weight excluding hydrogens is 302 g/mol. The molecule has 0 unspecified atom stereocenters. The van der Waals surface area contributed by atoms with E-state index in [1.54, 1.807) is 0 Å². The molecule has 4 rings (SSSR count). The number of hydrogen-bond acceptors (Lipinski definition) is 4. The highest BCUT2D eigenvalue weighted by atomic mass is 16.5. The molecule has 3 aliphatic heterocycles. The third-order valence-electron chi connectivity index (χ3n) is 6.01. The molecule has 5 nitrogen and oxygen atoms in total. The van der Waals surface area contributed by atoms with Crippen molar-refractivity contribution in [1.82, 2.24) is 14.8 Å². The van der Waals surface area contributed by atoms with Gasteiger partial charge in [-0.05, 0) is 37.3 Å². The van der Waals surface area contributed by atoms with Crippen molar-refractivity contribution in [2.45, 2.75) is 44.7 Å². The van der Waals surface area contributed by atoms with E-state index in [1.165, 1.54) is 5.56 Å². The molecule has 0 aromatic carbocycles. The van der Waals surface area contributed by atoms with E-state index in [1.807, 2.05) is 18.5 Å². The van der Waals surface area contributed by atoms with Crippen LogP contribution in [0.25, 0.3) is 0 Å². The van der Waals surface area contributed by atoms with Crippen molar-refractivity contribution in [2.75, 3.05) is 32.8 Å². The van der Waals surface area contributed by atoms with Gasteiger partial charge in [-0.2, -0.15) is 0 Å². The van der Waals surface area contributed by atoms with Crippen LogP contribution in [0.4, 0.5) is 0 Å². The van der Waals surface area contributed by atoms with Gasteiger partial charge >= 0.3 is 0 Å². The van der Waals surface area contributed by atoms with E-state index >= 15 is 0 Å². The van der Waals surface area contributed by atoms with Gasteiger partial charge in [0.1, 0.15) is 0 Å². The quantitative estimate of drug-likeness (QED) is 0.852. The fraction of sp³-hybridized carbons (Fsp3) is 0.684. The topological polar surface area (TPSA) is 45.7 Å². The molecule has 0 saturated carbocycles. The van der Waals surface area contributed by atoms with E-state index < -0.39 is 0 Å². The third-order valence-corrected chi connectivity index (χ3v) is 6.01. The number of amides is 1. The Morgan fingerprint density at radius 1 is 1.29 bits per heavy atom. The van der Waals surface area contributed by atoms with Gasteiger partial charge in [-0.3, -0.25) is 14.7 Å². The average molecular weight is 329 g/mol. The van der Waals surface area contributed by atoms with Gasteiger partial charge in [-0.25, -0.2) is 0 Å². The summed E-state index contributed by atoms with van der Waals surface area (Å²) in [4.78, 5) is 21.3. The maximum atomic E-state index is 12.5. The van der Waals surface area contributed by atoms with E-state index in [0.29, 0.717) is 18.4 Å². The minimum absolute atomic E-state index is 0.251. The standard InChI is InChI=1S/C19H27N3O2/c23-18-3-6-19(7-11-24-15-19)14-22(18)17-4-9-21(10-5-17)13-16-2-1-8-20-12-16/h1-2,8,12,17H,3-7,9-11,13-15H2/t19-/m0/s1. The Kier molecular flexibility index (Phi) is 4.55. The largest absolute Gasteiger partial charge is 0.381 e. The number of likely N-dealkylation sites (tertiary alicyclic amines) is 2. The summed E-state index contributed by atoms with van der Waals surface area (Å²) in [6.07, 6.45) is 8.79. The molecule has 3 saturated heterocycles. The number of hydrogen-bond donors (Lipinski definition) is 0. The maximum absolute atomic E-state index is 12.5. The normalized spacial score (nSPS) is 29.5. The number of ether oxygens (including phenoxy) is 1. The first-order valence-electron chi connectivity index (χ1n) is 9.23. The Bertz CT molecular complexity index is 563. The summed E-state index contributed by atoms with van der Waals surface area (Å²) in [5.41, 5.74) is 1.52. The molecular formula is C19H27N3O2. The van der Waals surface area contributed by atoms with Crippen LogP contribution < -0.4 is 0 Å². The van der Waals surface area contributed by atoms with Crippen LogP contribution >= 0.6 is 0 Å². The number of piperidine rings is 2. The molecule has 1 aromatic rings. The second-order valence-electron chi connectivity index (χ2n) is 7.69. The minimum Gasteiger partial charge on any atom is -0.381 e. The number of aromatic nitrogens is 1. The summed E-state index contributed by atoms with van der Waals surface area (Å²) in [5.74, 6) is 0.359. The Labute approximate surface area is 144 Å². The van der Waals surface area contributed by atoms with E-state index in [9.17, 15) is 4.79 Å². The Hall–Kier alpha value is -1.46. The lowest BCUT2D eigenvalue weighted by Crippen LogP contribution is -2.54. The number of carbonyl (C=O) groups is 1. The van der Waals surface area contributed by atoms with Crippen LogP contribution in [0.1, 0.15) is 37.7 Å². The van der Waals surface area contributed by atoms with Crippen molar-refractivity contribution in [1.29, 1.82) is 0 Å². The van der Waals surface area contributed by atoms with Gasteiger partial charge in [0.25, 0.3) is 0 Å². The van der Waals surface area contributed by atoms with Crippen LogP contribution in [0.2, 0.25) is 0 Å². The Morgan fingerprint density at radius 2 is 2.17 bits per heavy atom. The molecule has 130 valence electrons. The van der Waals surface area contributed by atoms with Crippen LogP contribution in [-0.2, 0) is 16.1 Å². The third kappa shape index (κ3) is 3.33. The van der Waals surface area contributed by atoms with Crippen LogP contribution in [0.3, 0.4) is 0 Å². The molecule has 0 aliphatic carbocycles. The lowest BCUT2D eigenvalue weighted by molar-refractivity contribution is -0.142.